The lowest BCUT2D eigenvalue weighted by molar-refractivity contribution is -0.120. The molecule has 0 aliphatic carbocycles. The van der Waals surface area contributed by atoms with E-state index in [-0.39, 0.29) is 18.0 Å². The number of carbonyl (C=O) groups is 1. The van der Waals surface area contributed by atoms with E-state index in [2.05, 4.69) is 39.6 Å². The Kier molecular flexibility index (Phi) is 2.99. The molecule has 5 heteroatoms. The van der Waals surface area contributed by atoms with Crippen LogP contribution in [0.25, 0.3) is 21.8 Å². The Morgan fingerprint density at radius 3 is 2.52 bits per heavy atom. The topological polar surface area (TPSA) is 86.7 Å². The molecule has 4 aromatic rings. The van der Waals surface area contributed by atoms with Crippen molar-refractivity contribution < 1.29 is 4.79 Å². The van der Waals surface area contributed by atoms with E-state index in [1.165, 1.54) is 5.56 Å². The van der Waals surface area contributed by atoms with Gasteiger partial charge in [0.1, 0.15) is 0 Å². The summed E-state index contributed by atoms with van der Waals surface area (Å²) < 4.78 is 0. The molecule has 124 valence electrons. The number of primary amides is 1. The maximum absolute atomic E-state index is 11.9. The summed E-state index contributed by atoms with van der Waals surface area (Å²) in [5.74, 6) is -0.319. The summed E-state index contributed by atoms with van der Waals surface area (Å²) in [5, 5.41) is 5.75. The zero-order valence-electron chi connectivity index (χ0n) is 13.5. The van der Waals surface area contributed by atoms with Gasteiger partial charge < -0.3 is 15.7 Å². The molecular weight excluding hydrogens is 312 g/mol. The van der Waals surface area contributed by atoms with E-state index in [4.69, 9.17) is 5.73 Å². The van der Waals surface area contributed by atoms with Gasteiger partial charge in [-0.2, -0.15) is 0 Å². The Balaban J connectivity index is 1.75. The molecule has 2 aromatic carbocycles. The predicted molar refractivity (Wildman–Crippen MR) is 98.3 cm³/mol. The number of hydrogen-bond donors (Lipinski definition) is 4. The number of rotatable bonds is 2. The summed E-state index contributed by atoms with van der Waals surface area (Å²) >= 11 is 0. The number of nitrogens with one attached hydrogen (secondary N) is 3. The summed E-state index contributed by atoms with van der Waals surface area (Å²) in [7, 11) is 0. The number of nitrogens with two attached hydrogens (primary N) is 1. The van der Waals surface area contributed by atoms with Crippen LogP contribution in [0.2, 0.25) is 0 Å². The van der Waals surface area contributed by atoms with Gasteiger partial charge in [0.25, 0.3) is 0 Å². The fraction of sp³-hybridized carbons (Fsp3) is 0.150. The van der Waals surface area contributed by atoms with E-state index in [1.807, 2.05) is 30.5 Å². The first kappa shape index (κ1) is 14.3. The molecule has 0 saturated carbocycles. The summed E-state index contributed by atoms with van der Waals surface area (Å²) in [6.45, 7) is 0. The number of benzene rings is 2. The number of H-pyrrole nitrogens is 2. The lowest BCUT2D eigenvalue weighted by Crippen LogP contribution is -2.47. The van der Waals surface area contributed by atoms with Gasteiger partial charge in [-0.1, -0.05) is 36.4 Å². The van der Waals surface area contributed by atoms with Crippen molar-refractivity contribution in [2.45, 2.75) is 18.5 Å². The van der Waals surface area contributed by atoms with Crippen molar-refractivity contribution in [2.75, 3.05) is 0 Å². The van der Waals surface area contributed by atoms with Crippen molar-refractivity contribution in [3.63, 3.8) is 0 Å². The van der Waals surface area contributed by atoms with Crippen molar-refractivity contribution in [3.8, 4) is 0 Å². The molecule has 0 unspecified atom stereocenters. The molecule has 1 amide bonds. The highest BCUT2D eigenvalue weighted by Crippen LogP contribution is 2.37. The normalized spacial score (nSPS) is 20.0. The van der Waals surface area contributed by atoms with Crippen LogP contribution in [0.3, 0.4) is 0 Å². The number of fused-ring (bicyclic) bond motifs is 4. The highest BCUT2D eigenvalue weighted by molar-refractivity contribution is 5.90. The van der Waals surface area contributed by atoms with Crippen LogP contribution in [0.4, 0.5) is 0 Å². The first-order chi connectivity index (χ1) is 12.2. The van der Waals surface area contributed by atoms with Crippen LogP contribution < -0.4 is 11.1 Å². The van der Waals surface area contributed by atoms with E-state index in [0.717, 1.165) is 33.1 Å². The van der Waals surface area contributed by atoms with E-state index in [1.54, 1.807) is 0 Å². The number of hydrogen-bond acceptors (Lipinski definition) is 2. The smallest absolute Gasteiger partial charge is 0.234 e. The minimum atomic E-state index is -0.384. The molecule has 3 heterocycles. The molecule has 1 aliphatic heterocycles. The van der Waals surface area contributed by atoms with Crippen molar-refractivity contribution in [1.82, 2.24) is 15.3 Å². The Labute approximate surface area is 144 Å². The maximum Gasteiger partial charge on any atom is 0.234 e. The average Bonchev–Trinajstić information content (AvgIpc) is 3.22. The highest BCUT2D eigenvalue weighted by Gasteiger charge is 2.33. The third kappa shape index (κ3) is 2.09. The average molecular weight is 330 g/mol. The second-order valence-electron chi connectivity index (χ2n) is 6.61. The van der Waals surface area contributed by atoms with Crippen molar-refractivity contribution in [1.29, 1.82) is 0 Å². The Morgan fingerprint density at radius 1 is 1.00 bits per heavy atom. The highest BCUT2D eigenvalue weighted by atomic mass is 16.1. The van der Waals surface area contributed by atoms with Gasteiger partial charge in [0.05, 0.1) is 12.1 Å². The van der Waals surface area contributed by atoms with Gasteiger partial charge in [-0.15, -0.1) is 0 Å². The van der Waals surface area contributed by atoms with Gasteiger partial charge in [0.15, 0.2) is 0 Å². The number of carbonyl (C=O) groups excluding carboxylic acids is 1. The molecule has 0 saturated heterocycles. The molecule has 2 aromatic heterocycles. The van der Waals surface area contributed by atoms with Crippen molar-refractivity contribution in [2.24, 2.45) is 5.73 Å². The van der Waals surface area contributed by atoms with Crippen molar-refractivity contribution >= 4 is 27.7 Å². The predicted octanol–water partition coefficient (Wildman–Crippen LogP) is 2.74. The van der Waals surface area contributed by atoms with Crippen LogP contribution in [0.1, 0.15) is 22.9 Å². The maximum atomic E-state index is 11.9. The third-order valence-corrected chi connectivity index (χ3v) is 5.19. The fourth-order valence-electron chi connectivity index (χ4n) is 4.00. The van der Waals surface area contributed by atoms with Crippen LogP contribution in [0, 0.1) is 0 Å². The van der Waals surface area contributed by atoms with Gasteiger partial charge in [-0.3, -0.25) is 10.1 Å². The fourth-order valence-corrected chi connectivity index (χ4v) is 4.00. The minimum Gasteiger partial charge on any atom is -0.368 e. The molecule has 2 atom stereocenters. The molecule has 0 bridgehead atoms. The Bertz CT molecular complexity index is 1110. The molecule has 0 radical (unpaired) electrons. The van der Waals surface area contributed by atoms with Gasteiger partial charge in [-0.05, 0) is 24.1 Å². The minimum absolute atomic E-state index is 0.107. The van der Waals surface area contributed by atoms with E-state index >= 15 is 0 Å². The number of para-hydroxylation sites is 2. The summed E-state index contributed by atoms with van der Waals surface area (Å²) in [6.07, 6.45) is 2.62. The van der Waals surface area contributed by atoms with Crippen LogP contribution in [-0.4, -0.2) is 21.9 Å². The summed E-state index contributed by atoms with van der Waals surface area (Å²) in [5.41, 5.74) is 11.2. The van der Waals surface area contributed by atoms with Crippen LogP contribution in [0.5, 0.6) is 0 Å². The molecule has 5 N–H and O–H groups in total. The second-order valence-corrected chi connectivity index (χ2v) is 6.61. The third-order valence-electron chi connectivity index (χ3n) is 5.19. The monoisotopic (exact) mass is 330 g/mol. The van der Waals surface area contributed by atoms with Crippen LogP contribution in [-0.2, 0) is 11.2 Å². The first-order valence-corrected chi connectivity index (χ1v) is 8.43. The molecule has 0 spiro atoms. The molecule has 1 aliphatic rings. The van der Waals surface area contributed by atoms with E-state index < -0.39 is 0 Å². The van der Waals surface area contributed by atoms with E-state index in [9.17, 15) is 4.79 Å². The molecule has 5 nitrogen and oxygen atoms in total. The standard InChI is InChI=1S/C20H18N4O/c21-20(25)17-9-13-11-5-2-4-8-16(11)23-18(13)19(24-17)14-10-22-15-7-3-1-6-12(14)15/h1-8,10,17,19,22-24H,9H2,(H2,21,25)/t17-,19-/m1/s1. The lowest BCUT2D eigenvalue weighted by atomic mass is 9.90. The Morgan fingerprint density at radius 2 is 1.72 bits per heavy atom. The van der Waals surface area contributed by atoms with Crippen LogP contribution >= 0.6 is 0 Å². The number of aromatic nitrogens is 2. The molecule has 25 heavy (non-hydrogen) atoms. The first-order valence-electron chi connectivity index (χ1n) is 8.43. The van der Waals surface area contributed by atoms with Crippen LogP contribution in [0.15, 0.2) is 54.7 Å². The molecular formula is C20H18N4O. The Hall–Kier alpha value is -3.05. The second kappa shape index (κ2) is 5.22. The summed E-state index contributed by atoms with van der Waals surface area (Å²) in [6, 6.07) is 15.9. The quantitative estimate of drug-likeness (QED) is 0.455. The number of aromatic amines is 2. The van der Waals surface area contributed by atoms with Gasteiger partial charge in [-0.25, -0.2) is 0 Å². The van der Waals surface area contributed by atoms with Crippen molar-refractivity contribution in [3.05, 3.63) is 71.5 Å². The lowest BCUT2D eigenvalue weighted by Gasteiger charge is -2.29. The van der Waals surface area contributed by atoms with Gasteiger partial charge >= 0.3 is 0 Å². The number of amides is 1. The van der Waals surface area contributed by atoms with Gasteiger partial charge in [0, 0.05) is 39.3 Å². The molecule has 0 fully saturated rings. The SMILES string of the molecule is NC(=O)[C@H]1Cc2c([nH]c3ccccc23)[C@@H](c2c[nH]c3ccccc23)N1. The largest absolute Gasteiger partial charge is 0.368 e. The van der Waals surface area contributed by atoms with E-state index in [0.29, 0.717) is 6.42 Å². The zero-order chi connectivity index (χ0) is 17.0. The summed E-state index contributed by atoms with van der Waals surface area (Å²) in [4.78, 5) is 18.8. The zero-order valence-corrected chi connectivity index (χ0v) is 13.5. The molecule has 5 rings (SSSR count). The van der Waals surface area contributed by atoms with Gasteiger partial charge in [0.2, 0.25) is 5.91 Å².